The second-order valence-electron chi connectivity index (χ2n) is 7.74. The first-order valence-electron chi connectivity index (χ1n) is 10.1. The molecule has 31 heavy (non-hydrogen) atoms. The Morgan fingerprint density at radius 2 is 2.00 bits per heavy atom. The Balaban J connectivity index is 1.40. The van der Waals surface area contributed by atoms with Gasteiger partial charge in [0.2, 0.25) is 5.76 Å². The number of hydrogen-bond donors (Lipinski definition) is 2. The van der Waals surface area contributed by atoms with Crippen LogP contribution in [0.1, 0.15) is 37.6 Å². The summed E-state index contributed by atoms with van der Waals surface area (Å²) in [4.78, 5) is 27.9. The molecule has 8 nitrogen and oxygen atoms in total. The zero-order valence-electron chi connectivity index (χ0n) is 17.0. The summed E-state index contributed by atoms with van der Waals surface area (Å²) >= 11 is 0. The molecular weight excluding hydrogens is 394 g/mol. The maximum Gasteiger partial charge on any atom is 0.293 e. The van der Waals surface area contributed by atoms with Gasteiger partial charge in [-0.05, 0) is 36.6 Å². The molecule has 1 atom stereocenters. The Hall–Kier alpha value is -3.94. The molecule has 156 valence electrons. The second kappa shape index (κ2) is 7.71. The fraction of sp³-hybridized carbons (Fsp3) is 0.217. The highest BCUT2D eigenvalue weighted by atomic mass is 16.5. The predicted molar refractivity (Wildman–Crippen MR) is 113 cm³/mol. The minimum Gasteiger partial charge on any atom is -0.351 e. The van der Waals surface area contributed by atoms with Crippen LogP contribution in [0.2, 0.25) is 0 Å². The van der Waals surface area contributed by atoms with Crippen molar-refractivity contribution >= 4 is 22.7 Å². The number of aryl methyl sites for hydroxylation is 1. The number of rotatable bonds is 4. The van der Waals surface area contributed by atoms with E-state index in [0.717, 1.165) is 16.5 Å². The van der Waals surface area contributed by atoms with E-state index in [1.54, 1.807) is 24.1 Å². The van der Waals surface area contributed by atoms with Gasteiger partial charge in [0.05, 0.1) is 29.5 Å². The van der Waals surface area contributed by atoms with Crippen LogP contribution in [0.5, 0.6) is 0 Å². The van der Waals surface area contributed by atoms with Gasteiger partial charge in [-0.3, -0.25) is 14.7 Å². The van der Waals surface area contributed by atoms with Crippen molar-refractivity contribution in [1.82, 2.24) is 25.6 Å². The maximum absolute atomic E-state index is 13.2. The van der Waals surface area contributed by atoms with Crippen molar-refractivity contribution in [3.63, 3.8) is 0 Å². The molecule has 3 heterocycles. The summed E-state index contributed by atoms with van der Waals surface area (Å²) in [5.41, 5.74) is 4.32. The molecule has 0 radical (unpaired) electrons. The van der Waals surface area contributed by atoms with Crippen molar-refractivity contribution in [2.45, 2.75) is 25.9 Å². The third kappa shape index (κ3) is 3.46. The van der Waals surface area contributed by atoms with Crippen molar-refractivity contribution in [2.24, 2.45) is 0 Å². The number of nitrogens with zero attached hydrogens (tertiary/aromatic N) is 3. The van der Waals surface area contributed by atoms with Crippen molar-refractivity contribution in [2.75, 3.05) is 6.54 Å². The first kappa shape index (κ1) is 19.0. The van der Waals surface area contributed by atoms with Crippen LogP contribution in [0, 0.1) is 6.92 Å². The number of aromatic nitrogens is 3. The van der Waals surface area contributed by atoms with Crippen LogP contribution in [-0.2, 0) is 13.0 Å². The number of H-pyrrole nitrogens is 1. The molecule has 0 spiro atoms. The van der Waals surface area contributed by atoms with Crippen molar-refractivity contribution in [3.05, 3.63) is 82.9 Å². The van der Waals surface area contributed by atoms with Gasteiger partial charge in [0.15, 0.2) is 0 Å². The normalized spacial score (nSPS) is 15.6. The molecule has 1 aliphatic rings. The van der Waals surface area contributed by atoms with Crippen molar-refractivity contribution in [3.8, 4) is 0 Å². The van der Waals surface area contributed by atoms with Crippen LogP contribution in [0.15, 0.2) is 59.4 Å². The van der Waals surface area contributed by atoms with Crippen molar-refractivity contribution in [1.29, 1.82) is 0 Å². The predicted octanol–water partition coefficient (Wildman–Crippen LogP) is 2.86. The lowest BCUT2D eigenvalue weighted by Crippen LogP contribution is -2.50. The number of aromatic amines is 1. The van der Waals surface area contributed by atoms with Gasteiger partial charge in [-0.25, -0.2) is 0 Å². The van der Waals surface area contributed by atoms with Crippen LogP contribution in [0.3, 0.4) is 0 Å². The van der Waals surface area contributed by atoms with Gasteiger partial charge in [-0.1, -0.05) is 35.5 Å². The van der Waals surface area contributed by atoms with Crippen LogP contribution in [-0.4, -0.2) is 44.7 Å². The molecule has 1 aliphatic heterocycles. The summed E-state index contributed by atoms with van der Waals surface area (Å²) < 4.78 is 5.21. The molecule has 0 saturated carbocycles. The number of carbonyl (C=O) groups excluding carboxylic acids is 2. The molecular formula is C23H21N5O3. The molecule has 2 amide bonds. The van der Waals surface area contributed by atoms with Gasteiger partial charge in [0.25, 0.3) is 11.8 Å². The lowest BCUT2D eigenvalue weighted by Gasteiger charge is -2.36. The SMILES string of the molecule is Cc1cnoc1C(=O)N1Cc2ccccc2CC1CNC(=O)c1cccc2[nH]ncc12. The van der Waals surface area contributed by atoms with E-state index in [1.807, 2.05) is 30.3 Å². The largest absolute Gasteiger partial charge is 0.351 e. The Bertz CT molecular complexity index is 1270. The van der Waals surface area contributed by atoms with E-state index >= 15 is 0 Å². The molecule has 5 rings (SSSR count). The maximum atomic E-state index is 13.2. The average Bonchev–Trinajstić information content (AvgIpc) is 3.45. The van der Waals surface area contributed by atoms with Gasteiger partial charge in [-0.15, -0.1) is 0 Å². The number of amides is 2. The Morgan fingerprint density at radius 3 is 2.81 bits per heavy atom. The smallest absolute Gasteiger partial charge is 0.293 e. The Morgan fingerprint density at radius 1 is 1.16 bits per heavy atom. The zero-order valence-corrected chi connectivity index (χ0v) is 17.0. The van der Waals surface area contributed by atoms with E-state index in [1.165, 1.54) is 11.8 Å². The van der Waals surface area contributed by atoms with E-state index in [-0.39, 0.29) is 23.6 Å². The van der Waals surface area contributed by atoms with Gasteiger partial charge in [0.1, 0.15) is 0 Å². The average molecular weight is 415 g/mol. The minimum atomic E-state index is -0.222. The quantitative estimate of drug-likeness (QED) is 0.533. The number of benzene rings is 2. The van der Waals surface area contributed by atoms with Gasteiger partial charge >= 0.3 is 0 Å². The topological polar surface area (TPSA) is 104 Å². The summed E-state index contributed by atoms with van der Waals surface area (Å²) in [6.07, 6.45) is 3.82. The lowest BCUT2D eigenvalue weighted by molar-refractivity contribution is 0.0587. The number of carbonyl (C=O) groups is 2. The van der Waals surface area contributed by atoms with Crippen molar-refractivity contribution < 1.29 is 14.1 Å². The molecule has 4 aromatic rings. The summed E-state index contributed by atoms with van der Waals surface area (Å²) in [7, 11) is 0. The summed E-state index contributed by atoms with van der Waals surface area (Å²) in [5.74, 6) is -0.186. The molecule has 2 aromatic heterocycles. The Kier molecular flexibility index (Phi) is 4.74. The molecule has 1 unspecified atom stereocenters. The van der Waals surface area contributed by atoms with E-state index in [2.05, 4.69) is 26.7 Å². The van der Waals surface area contributed by atoms with Gasteiger partial charge < -0.3 is 14.7 Å². The highest BCUT2D eigenvalue weighted by Crippen LogP contribution is 2.26. The van der Waals surface area contributed by atoms with Gasteiger partial charge in [0, 0.05) is 24.0 Å². The monoisotopic (exact) mass is 415 g/mol. The zero-order chi connectivity index (χ0) is 21.4. The van der Waals surface area contributed by atoms with Crippen LogP contribution >= 0.6 is 0 Å². The highest BCUT2D eigenvalue weighted by molar-refractivity contribution is 6.06. The van der Waals surface area contributed by atoms with E-state index in [9.17, 15) is 9.59 Å². The van der Waals surface area contributed by atoms with E-state index < -0.39 is 0 Å². The molecule has 0 saturated heterocycles. The van der Waals surface area contributed by atoms with Crippen LogP contribution < -0.4 is 5.32 Å². The number of nitrogens with one attached hydrogen (secondary N) is 2. The summed E-state index contributed by atoms with van der Waals surface area (Å²) in [6, 6.07) is 13.3. The molecule has 0 bridgehead atoms. The molecule has 0 aliphatic carbocycles. The minimum absolute atomic E-state index is 0.200. The second-order valence-corrected chi connectivity index (χ2v) is 7.74. The fourth-order valence-corrected chi connectivity index (χ4v) is 4.11. The number of hydrogen-bond acceptors (Lipinski definition) is 5. The Labute approximate surface area is 178 Å². The first-order chi connectivity index (χ1) is 15.1. The lowest BCUT2D eigenvalue weighted by atomic mass is 9.93. The standard InChI is InChI=1S/C23H21N5O3/c1-14-10-26-31-21(14)23(30)28-13-16-6-3-2-5-15(16)9-17(28)11-24-22(29)18-7-4-8-20-19(18)12-25-27-20/h2-8,10,12,17H,9,11,13H2,1H3,(H,24,29)(H,25,27). The van der Waals surface area contributed by atoms with Gasteiger partial charge in [-0.2, -0.15) is 5.10 Å². The third-order valence-electron chi connectivity index (χ3n) is 5.79. The molecule has 8 heteroatoms. The fourth-order valence-electron chi connectivity index (χ4n) is 4.11. The van der Waals surface area contributed by atoms with E-state index in [4.69, 9.17) is 4.52 Å². The molecule has 2 aromatic carbocycles. The third-order valence-corrected chi connectivity index (χ3v) is 5.79. The molecule has 0 fully saturated rings. The van der Waals surface area contributed by atoms with E-state index in [0.29, 0.717) is 30.6 Å². The number of fused-ring (bicyclic) bond motifs is 2. The van der Waals surface area contributed by atoms with Crippen LogP contribution in [0.25, 0.3) is 10.9 Å². The summed E-state index contributed by atoms with van der Waals surface area (Å²) in [6.45, 7) is 2.57. The summed E-state index contributed by atoms with van der Waals surface area (Å²) in [5, 5.41) is 14.4. The van der Waals surface area contributed by atoms with Crippen LogP contribution in [0.4, 0.5) is 0 Å². The first-order valence-corrected chi connectivity index (χ1v) is 10.1. The highest BCUT2D eigenvalue weighted by Gasteiger charge is 2.33. The molecule has 2 N–H and O–H groups in total.